The fourth-order valence-electron chi connectivity index (χ4n) is 3.30. The van der Waals surface area contributed by atoms with E-state index in [0.29, 0.717) is 19.4 Å². The average molecular weight is 425 g/mol. The molecular formula is C20H32N4O4S. The predicted octanol–water partition coefficient (Wildman–Crippen LogP) is 1.08. The molecule has 1 fully saturated rings. The van der Waals surface area contributed by atoms with Gasteiger partial charge in [-0.15, -0.1) is 0 Å². The van der Waals surface area contributed by atoms with E-state index in [2.05, 4.69) is 31.4 Å². The topological polar surface area (TPSA) is 122 Å². The van der Waals surface area contributed by atoms with Crippen molar-refractivity contribution < 1.29 is 18.0 Å². The number of hydrogen-bond acceptors (Lipinski definition) is 5. The van der Waals surface area contributed by atoms with Crippen molar-refractivity contribution in [1.29, 1.82) is 0 Å². The van der Waals surface area contributed by atoms with Gasteiger partial charge in [0.05, 0.1) is 10.5 Å². The van der Waals surface area contributed by atoms with Crippen LogP contribution < -0.4 is 16.4 Å². The van der Waals surface area contributed by atoms with Gasteiger partial charge in [-0.1, -0.05) is 12.1 Å². The Balaban J connectivity index is 1.87. The standard InChI is InChI=1S/C20H32N4O4S/c1-20(2,3)23-12-6-11-22-19(26)15-9-13-24(14-10-15)29(27,28)17-8-5-4-7-16(17)18(21)25/h4-5,7-8,15,23H,6,9-14H2,1-3H3,(H2,21,25)(H,22,26). The zero-order valence-electron chi connectivity index (χ0n) is 17.4. The molecule has 1 aromatic rings. The van der Waals surface area contributed by atoms with Gasteiger partial charge in [0, 0.05) is 31.1 Å². The van der Waals surface area contributed by atoms with Crippen LogP contribution in [0.25, 0.3) is 0 Å². The number of piperidine rings is 1. The fraction of sp³-hybridized carbons (Fsp3) is 0.600. The summed E-state index contributed by atoms with van der Waals surface area (Å²) in [4.78, 5) is 23.9. The molecule has 8 nitrogen and oxygen atoms in total. The lowest BCUT2D eigenvalue weighted by molar-refractivity contribution is -0.126. The molecule has 0 aliphatic carbocycles. The van der Waals surface area contributed by atoms with E-state index in [4.69, 9.17) is 5.73 Å². The molecule has 0 radical (unpaired) electrons. The molecule has 9 heteroatoms. The van der Waals surface area contributed by atoms with Crippen LogP contribution in [0.15, 0.2) is 29.2 Å². The second kappa shape index (κ2) is 9.69. The number of primary amides is 1. The minimum absolute atomic E-state index is 0.0174. The molecular weight excluding hydrogens is 392 g/mol. The molecule has 2 amide bonds. The largest absolute Gasteiger partial charge is 0.366 e. The van der Waals surface area contributed by atoms with Crippen LogP contribution in [0, 0.1) is 5.92 Å². The molecule has 1 heterocycles. The number of carbonyl (C=O) groups is 2. The summed E-state index contributed by atoms with van der Waals surface area (Å²) in [5.41, 5.74) is 5.35. The van der Waals surface area contributed by atoms with Crippen molar-refractivity contribution in [3.63, 3.8) is 0 Å². The van der Waals surface area contributed by atoms with Crippen LogP contribution in [0.4, 0.5) is 0 Å². The van der Waals surface area contributed by atoms with E-state index in [1.165, 1.54) is 16.4 Å². The Morgan fingerprint density at radius 2 is 1.76 bits per heavy atom. The van der Waals surface area contributed by atoms with Crippen LogP contribution in [0.3, 0.4) is 0 Å². The maximum absolute atomic E-state index is 12.9. The van der Waals surface area contributed by atoms with Gasteiger partial charge in [-0.3, -0.25) is 9.59 Å². The molecule has 1 aliphatic heterocycles. The van der Waals surface area contributed by atoms with Crippen LogP contribution in [0.5, 0.6) is 0 Å². The molecule has 2 rings (SSSR count). The summed E-state index contributed by atoms with van der Waals surface area (Å²) in [7, 11) is -3.83. The maximum atomic E-state index is 12.9. The first kappa shape index (κ1) is 23.3. The summed E-state index contributed by atoms with van der Waals surface area (Å²) in [5, 5.41) is 6.31. The second-order valence-corrected chi connectivity index (χ2v) is 10.3. The van der Waals surface area contributed by atoms with E-state index >= 15 is 0 Å². The Morgan fingerprint density at radius 1 is 1.14 bits per heavy atom. The predicted molar refractivity (Wildman–Crippen MR) is 112 cm³/mol. The molecule has 0 saturated carbocycles. The molecule has 0 atom stereocenters. The lowest BCUT2D eigenvalue weighted by atomic mass is 9.97. The average Bonchev–Trinajstić information content (AvgIpc) is 2.66. The van der Waals surface area contributed by atoms with Crippen molar-refractivity contribution in [2.24, 2.45) is 11.7 Å². The Morgan fingerprint density at radius 3 is 2.34 bits per heavy atom. The molecule has 0 unspecified atom stereocenters. The Kier molecular flexibility index (Phi) is 7.79. The van der Waals surface area contributed by atoms with Gasteiger partial charge in [0.1, 0.15) is 0 Å². The molecule has 0 aromatic heterocycles. The fourth-order valence-corrected chi connectivity index (χ4v) is 4.97. The SMILES string of the molecule is CC(C)(C)NCCCNC(=O)C1CCN(S(=O)(=O)c2ccccc2C(N)=O)CC1. The van der Waals surface area contributed by atoms with Crippen molar-refractivity contribution in [2.75, 3.05) is 26.2 Å². The van der Waals surface area contributed by atoms with Gasteiger partial charge < -0.3 is 16.4 Å². The number of rotatable bonds is 8. The van der Waals surface area contributed by atoms with Gasteiger partial charge >= 0.3 is 0 Å². The van der Waals surface area contributed by atoms with Crippen LogP contribution >= 0.6 is 0 Å². The van der Waals surface area contributed by atoms with Gasteiger partial charge in [-0.05, 0) is 58.7 Å². The number of amides is 2. The molecule has 4 N–H and O–H groups in total. The molecule has 1 saturated heterocycles. The van der Waals surface area contributed by atoms with Crippen molar-refractivity contribution in [3.05, 3.63) is 29.8 Å². The van der Waals surface area contributed by atoms with Crippen molar-refractivity contribution in [1.82, 2.24) is 14.9 Å². The van der Waals surface area contributed by atoms with Gasteiger partial charge in [0.25, 0.3) is 0 Å². The lowest BCUT2D eigenvalue weighted by Gasteiger charge is -2.31. The summed E-state index contributed by atoms with van der Waals surface area (Å²) < 4.78 is 27.2. The number of nitrogens with one attached hydrogen (secondary N) is 2. The maximum Gasteiger partial charge on any atom is 0.250 e. The number of sulfonamides is 1. The quantitative estimate of drug-likeness (QED) is 0.539. The van der Waals surface area contributed by atoms with E-state index in [1.807, 2.05) is 0 Å². The van der Waals surface area contributed by atoms with Gasteiger partial charge in [0.2, 0.25) is 21.8 Å². The first-order chi connectivity index (χ1) is 13.5. The lowest BCUT2D eigenvalue weighted by Crippen LogP contribution is -2.44. The molecule has 0 bridgehead atoms. The molecule has 0 spiro atoms. The van der Waals surface area contributed by atoms with Crippen LogP contribution in [-0.4, -0.2) is 56.3 Å². The highest BCUT2D eigenvalue weighted by Gasteiger charge is 2.33. The highest BCUT2D eigenvalue weighted by molar-refractivity contribution is 7.89. The summed E-state index contributed by atoms with van der Waals surface area (Å²) in [5.74, 6) is -1.02. The zero-order valence-corrected chi connectivity index (χ0v) is 18.2. The van der Waals surface area contributed by atoms with Crippen LogP contribution in [0.2, 0.25) is 0 Å². The Bertz CT molecular complexity index is 825. The summed E-state index contributed by atoms with van der Waals surface area (Å²) in [6.45, 7) is 8.16. The number of benzene rings is 1. The molecule has 29 heavy (non-hydrogen) atoms. The van der Waals surface area contributed by atoms with Crippen molar-refractivity contribution >= 4 is 21.8 Å². The molecule has 1 aromatic carbocycles. The number of hydrogen-bond donors (Lipinski definition) is 3. The zero-order chi connectivity index (χ0) is 21.7. The first-order valence-corrected chi connectivity index (χ1v) is 11.4. The number of carbonyl (C=O) groups excluding carboxylic acids is 2. The minimum atomic E-state index is -3.83. The van der Waals surface area contributed by atoms with Crippen molar-refractivity contribution in [2.45, 2.75) is 50.5 Å². The van der Waals surface area contributed by atoms with Gasteiger partial charge in [-0.2, -0.15) is 4.31 Å². The van der Waals surface area contributed by atoms with Crippen LogP contribution in [-0.2, 0) is 14.8 Å². The Hall–Kier alpha value is -1.97. The highest BCUT2D eigenvalue weighted by atomic mass is 32.2. The van der Waals surface area contributed by atoms with E-state index < -0.39 is 15.9 Å². The van der Waals surface area contributed by atoms with Crippen molar-refractivity contribution in [3.8, 4) is 0 Å². The second-order valence-electron chi connectivity index (χ2n) is 8.36. The number of nitrogens with two attached hydrogens (primary N) is 1. The normalized spacial score (nSPS) is 16.5. The van der Waals surface area contributed by atoms with E-state index in [-0.39, 0.29) is 40.9 Å². The smallest absolute Gasteiger partial charge is 0.250 e. The van der Waals surface area contributed by atoms with Crippen LogP contribution in [0.1, 0.15) is 50.4 Å². The monoisotopic (exact) mass is 424 g/mol. The third-order valence-corrected chi connectivity index (χ3v) is 6.86. The molecule has 1 aliphatic rings. The third kappa shape index (κ3) is 6.52. The summed E-state index contributed by atoms with van der Waals surface area (Å²) >= 11 is 0. The molecule has 162 valence electrons. The van der Waals surface area contributed by atoms with E-state index in [0.717, 1.165) is 13.0 Å². The number of nitrogens with zero attached hydrogens (tertiary/aromatic N) is 1. The summed E-state index contributed by atoms with van der Waals surface area (Å²) in [6.07, 6.45) is 1.73. The Labute approximate surface area is 173 Å². The van der Waals surface area contributed by atoms with Gasteiger partial charge in [-0.25, -0.2) is 8.42 Å². The minimum Gasteiger partial charge on any atom is -0.366 e. The summed E-state index contributed by atoms with van der Waals surface area (Å²) in [6, 6.07) is 5.94. The van der Waals surface area contributed by atoms with E-state index in [1.54, 1.807) is 12.1 Å². The highest BCUT2D eigenvalue weighted by Crippen LogP contribution is 2.25. The first-order valence-electron chi connectivity index (χ1n) is 9.94. The third-order valence-electron chi connectivity index (χ3n) is 4.90. The van der Waals surface area contributed by atoms with Gasteiger partial charge in [0.15, 0.2) is 0 Å². The van der Waals surface area contributed by atoms with E-state index in [9.17, 15) is 18.0 Å².